The zero-order valence-electron chi connectivity index (χ0n) is 13.7. The van der Waals surface area contributed by atoms with Gasteiger partial charge in [-0.25, -0.2) is 0 Å². The number of ether oxygens (including phenoxy) is 1. The van der Waals surface area contributed by atoms with Crippen LogP contribution in [0.15, 0.2) is 29.3 Å². The Hall–Kier alpha value is -1.46. The SMILES string of the molecule is CN=C(NCC1CCCO1)N1CCN(c2ccccc2Cl)CC1. The van der Waals surface area contributed by atoms with Crippen LogP contribution in [-0.2, 0) is 4.74 Å². The maximum Gasteiger partial charge on any atom is 0.193 e. The van der Waals surface area contributed by atoms with Gasteiger partial charge in [-0.3, -0.25) is 4.99 Å². The Bertz CT molecular complexity index is 537. The van der Waals surface area contributed by atoms with Gasteiger partial charge in [-0.1, -0.05) is 23.7 Å². The van der Waals surface area contributed by atoms with E-state index in [1.807, 2.05) is 25.2 Å². The molecule has 0 saturated carbocycles. The topological polar surface area (TPSA) is 40.1 Å². The number of nitrogens with zero attached hydrogens (tertiary/aromatic N) is 3. The molecule has 0 bridgehead atoms. The molecule has 1 aromatic carbocycles. The molecule has 0 spiro atoms. The zero-order valence-corrected chi connectivity index (χ0v) is 14.4. The summed E-state index contributed by atoms with van der Waals surface area (Å²) in [5.74, 6) is 0.972. The third-order valence-corrected chi connectivity index (χ3v) is 4.82. The predicted molar refractivity (Wildman–Crippen MR) is 95.6 cm³/mol. The molecule has 0 amide bonds. The van der Waals surface area contributed by atoms with Crippen molar-refractivity contribution >= 4 is 23.2 Å². The van der Waals surface area contributed by atoms with E-state index in [2.05, 4.69) is 26.2 Å². The van der Waals surface area contributed by atoms with Gasteiger partial charge in [-0.05, 0) is 25.0 Å². The van der Waals surface area contributed by atoms with Crippen LogP contribution in [0, 0.1) is 0 Å². The molecule has 1 atom stereocenters. The Balaban J connectivity index is 1.52. The first-order valence-corrected chi connectivity index (χ1v) is 8.72. The highest BCUT2D eigenvalue weighted by atomic mass is 35.5. The third-order valence-electron chi connectivity index (χ3n) is 4.50. The maximum atomic E-state index is 6.30. The van der Waals surface area contributed by atoms with Gasteiger partial charge >= 0.3 is 0 Å². The number of aliphatic imine (C=N–C) groups is 1. The van der Waals surface area contributed by atoms with Crippen molar-refractivity contribution < 1.29 is 4.74 Å². The van der Waals surface area contributed by atoms with Gasteiger partial charge in [0.25, 0.3) is 0 Å². The number of anilines is 1. The van der Waals surface area contributed by atoms with E-state index in [4.69, 9.17) is 16.3 Å². The van der Waals surface area contributed by atoms with Crippen LogP contribution < -0.4 is 10.2 Å². The Morgan fingerprint density at radius 1 is 1.30 bits per heavy atom. The number of para-hydroxylation sites is 1. The van der Waals surface area contributed by atoms with Crippen molar-refractivity contribution in [2.75, 3.05) is 51.3 Å². The van der Waals surface area contributed by atoms with Gasteiger partial charge in [0.1, 0.15) is 0 Å². The first kappa shape index (κ1) is 16.4. The summed E-state index contributed by atoms with van der Waals surface area (Å²) in [6.07, 6.45) is 2.64. The lowest BCUT2D eigenvalue weighted by Gasteiger charge is -2.38. The van der Waals surface area contributed by atoms with Crippen molar-refractivity contribution in [3.8, 4) is 0 Å². The summed E-state index contributed by atoms with van der Waals surface area (Å²) in [5.41, 5.74) is 1.12. The molecule has 2 aliphatic heterocycles. The zero-order chi connectivity index (χ0) is 16.1. The molecular weight excluding hydrogens is 312 g/mol. The standard InChI is InChI=1S/C17H25ClN4O/c1-19-17(20-13-14-5-4-12-23-14)22-10-8-21(9-11-22)16-7-3-2-6-15(16)18/h2-3,6-7,14H,4-5,8-13H2,1H3,(H,19,20). The fraction of sp³-hybridized carbons (Fsp3) is 0.588. The molecule has 1 aromatic rings. The summed E-state index contributed by atoms with van der Waals surface area (Å²) in [6.45, 7) is 5.51. The van der Waals surface area contributed by atoms with Crippen LogP contribution in [0.4, 0.5) is 5.69 Å². The second-order valence-electron chi connectivity index (χ2n) is 5.99. The maximum absolute atomic E-state index is 6.30. The molecule has 2 fully saturated rings. The molecule has 3 rings (SSSR count). The van der Waals surface area contributed by atoms with Gasteiger partial charge < -0.3 is 19.9 Å². The number of rotatable bonds is 3. The van der Waals surface area contributed by atoms with Crippen LogP contribution in [0.1, 0.15) is 12.8 Å². The Morgan fingerprint density at radius 2 is 2.09 bits per heavy atom. The van der Waals surface area contributed by atoms with Crippen LogP contribution in [0.25, 0.3) is 0 Å². The highest BCUT2D eigenvalue weighted by molar-refractivity contribution is 6.33. The molecule has 2 heterocycles. The highest BCUT2D eigenvalue weighted by Crippen LogP contribution is 2.26. The Morgan fingerprint density at radius 3 is 2.74 bits per heavy atom. The van der Waals surface area contributed by atoms with Gasteiger partial charge in [-0.2, -0.15) is 0 Å². The van der Waals surface area contributed by atoms with Crippen LogP contribution in [-0.4, -0.2) is 63.3 Å². The minimum atomic E-state index is 0.330. The number of benzene rings is 1. The Labute approximate surface area is 143 Å². The first-order chi connectivity index (χ1) is 11.3. The van der Waals surface area contributed by atoms with Crippen molar-refractivity contribution in [1.29, 1.82) is 0 Å². The number of piperazine rings is 1. The first-order valence-electron chi connectivity index (χ1n) is 8.34. The van der Waals surface area contributed by atoms with E-state index in [-0.39, 0.29) is 0 Å². The van der Waals surface area contributed by atoms with Crippen molar-refractivity contribution in [2.45, 2.75) is 18.9 Å². The molecule has 126 valence electrons. The normalized spacial score (nSPS) is 22.5. The second-order valence-corrected chi connectivity index (χ2v) is 6.40. The van der Waals surface area contributed by atoms with Crippen molar-refractivity contribution in [2.24, 2.45) is 4.99 Å². The summed E-state index contributed by atoms with van der Waals surface area (Å²) in [6, 6.07) is 8.04. The number of hydrogen-bond acceptors (Lipinski definition) is 3. The minimum absolute atomic E-state index is 0.330. The van der Waals surface area contributed by atoms with Crippen LogP contribution in [0.2, 0.25) is 5.02 Å². The second kappa shape index (κ2) is 7.88. The van der Waals surface area contributed by atoms with E-state index in [1.165, 1.54) is 6.42 Å². The molecule has 0 radical (unpaired) electrons. The van der Waals surface area contributed by atoms with Crippen LogP contribution in [0.5, 0.6) is 0 Å². The smallest absolute Gasteiger partial charge is 0.193 e. The summed E-state index contributed by atoms with van der Waals surface area (Å²) >= 11 is 6.30. The van der Waals surface area contributed by atoms with Gasteiger partial charge in [0.2, 0.25) is 0 Å². The lowest BCUT2D eigenvalue weighted by molar-refractivity contribution is 0.113. The molecule has 0 aromatic heterocycles. The number of nitrogens with one attached hydrogen (secondary N) is 1. The molecule has 2 aliphatic rings. The fourth-order valence-electron chi connectivity index (χ4n) is 3.21. The molecule has 23 heavy (non-hydrogen) atoms. The largest absolute Gasteiger partial charge is 0.376 e. The van der Waals surface area contributed by atoms with E-state index < -0.39 is 0 Å². The highest BCUT2D eigenvalue weighted by Gasteiger charge is 2.22. The number of hydrogen-bond donors (Lipinski definition) is 1. The van der Waals surface area contributed by atoms with Gasteiger partial charge in [0.15, 0.2) is 5.96 Å². The predicted octanol–water partition coefficient (Wildman–Crippen LogP) is 2.22. The summed E-state index contributed by atoms with van der Waals surface area (Å²) in [5, 5.41) is 4.27. The van der Waals surface area contributed by atoms with Crippen molar-refractivity contribution in [3.63, 3.8) is 0 Å². The Kier molecular flexibility index (Phi) is 5.62. The van der Waals surface area contributed by atoms with Crippen molar-refractivity contribution in [1.82, 2.24) is 10.2 Å². The van der Waals surface area contributed by atoms with Gasteiger partial charge in [0.05, 0.1) is 16.8 Å². The summed E-state index contributed by atoms with van der Waals surface area (Å²) < 4.78 is 5.66. The van der Waals surface area contributed by atoms with Crippen molar-refractivity contribution in [3.05, 3.63) is 29.3 Å². The molecule has 5 nitrogen and oxygen atoms in total. The molecule has 1 unspecified atom stereocenters. The molecule has 6 heteroatoms. The monoisotopic (exact) mass is 336 g/mol. The fourth-order valence-corrected chi connectivity index (χ4v) is 3.47. The average molecular weight is 337 g/mol. The van der Waals surface area contributed by atoms with E-state index >= 15 is 0 Å². The summed E-state index contributed by atoms with van der Waals surface area (Å²) in [7, 11) is 1.85. The van der Waals surface area contributed by atoms with E-state index in [0.717, 1.165) is 62.4 Å². The van der Waals surface area contributed by atoms with Gasteiger partial charge in [-0.15, -0.1) is 0 Å². The van der Waals surface area contributed by atoms with E-state index in [0.29, 0.717) is 6.10 Å². The number of guanidine groups is 1. The minimum Gasteiger partial charge on any atom is -0.376 e. The van der Waals surface area contributed by atoms with E-state index in [9.17, 15) is 0 Å². The lowest BCUT2D eigenvalue weighted by Crippen LogP contribution is -2.53. The van der Waals surface area contributed by atoms with Crippen LogP contribution in [0.3, 0.4) is 0 Å². The molecule has 1 N–H and O–H groups in total. The molecular formula is C17H25ClN4O. The number of halogens is 1. The van der Waals surface area contributed by atoms with Gasteiger partial charge in [0, 0.05) is 46.4 Å². The third kappa shape index (κ3) is 4.09. The summed E-state index contributed by atoms with van der Waals surface area (Å²) in [4.78, 5) is 9.07. The van der Waals surface area contributed by atoms with Crippen LogP contribution >= 0.6 is 11.6 Å². The molecule has 2 saturated heterocycles. The van der Waals surface area contributed by atoms with E-state index in [1.54, 1.807) is 0 Å². The average Bonchev–Trinajstić information content (AvgIpc) is 3.10. The lowest BCUT2D eigenvalue weighted by atomic mass is 10.2. The molecule has 0 aliphatic carbocycles. The quantitative estimate of drug-likeness (QED) is 0.678.